The lowest BCUT2D eigenvalue weighted by atomic mass is 9.97. The molecule has 2 heterocycles. The molecule has 0 bridgehead atoms. The predicted octanol–water partition coefficient (Wildman–Crippen LogP) is 2.29. The standard InChI is InChI=1S/C17H23N3O/c1-13(21)16-6-5-14(11-18)10-17(16)20-9-8-19-7-3-2-4-15(19)12-20/h5-6,10,13,15,21H,2-4,7-9,12H2,1H3/t13-,15?/m1/s1. The maximum absolute atomic E-state index is 10.0. The number of aliphatic hydroxyl groups is 1. The van der Waals surface area contributed by atoms with E-state index >= 15 is 0 Å². The molecule has 2 saturated heterocycles. The third-order valence-corrected chi connectivity index (χ3v) is 4.79. The first-order valence-corrected chi connectivity index (χ1v) is 7.90. The summed E-state index contributed by atoms with van der Waals surface area (Å²) in [6, 6.07) is 8.46. The molecule has 0 aliphatic carbocycles. The SMILES string of the molecule is C[C@@H](O)c1ccc(C#N)cc1N1CCN2CCCCC2C1. The number of piperidine rings is 1. The Labute approximate surface area is 126 Å². The minimum atomic E-state index is -0.503. The lowest BCUT2D eigenvalue weighted by molar-refractivity contribution is 0.133. The highest BCUT2D eigenvalue weighted by Gasteiger charge is 2.30. The zero-order valence-electron chi connectivity index (χ0n) is 12.6. The average Bonchev–Trinajstić information content (AvgIpc) is 2.53. The fourth-order valence-corrected chi connectivity index (χ4v) is 3.62. The number of aliphatic hydroxyl groups excluding tert-OH is 1. The lowest BCUT2D eigenvalue weighted by Gasteiger charge is -2.45. The molecule has 0 amide bonds. The third-order valence-electron chi connectivity index (χ3n) is 4.79. The molecule has 1 aromatic rings. The van der Waals surface area contributed by atoms with Gasteiger partial charge >= 0.3 is 0 Å². The molecule has 1 N–H and O–H groups in total. The number of piperazine rings is 1. The van der Waals surface area contributed by atoms with Crippen LogP contribution in [0.25, 0.3) is 0 Å². The van der Waals surface area contributed by atoms with Gasteiger partial charge in [0.05, 0.1) is 17.7 Å². The van der Waals surface area contributed by atoms with E-state index < -0.39 is 6.10 Å². The number of hydrogen-bond donors (Lipinski definition) is 1. The van der Waals surface area contributed by atoms with Gasteiger partial charge in [-0.2, -0.15) is 5.26 Å². The van der Waals surface area contributed by atoms with Crippen LogP contribution in [0.2, 0.25) is 0 Å². The molecule has 2 fully saturated rings. The van der Waals surface area contributed by atoms with Crippen LogP contribution < -0.4 is 4.90 Å². The molecule has 0 radical (unpaired) electrons. The zero-order chi connectivity index (χ0) is 14.8. The van der Waals surface area contributed by atoms with Crippen molar-refractivity contribution in [3.8, 4) is 6.07 Å². The Morgan fingerprint density at radius 1 is 1.29 bits per heavy atom. The Morgan fingerprint density at radius 3 is 2.90 bits per heavy atom. The van der Waals surface area contributed by atoms with E-state index in [1.807, 2.05) is 12.1 Å². The molecule has 0 spiro atoms. The van der Waals surface area contributed by atoms with Crippen molar-refractivity contribution in [3.05, 3.63) is 29.3 Å². The number of hydrogen-bond acceptors (Lipinski definition) is 4. The van der Waals surface area contributed by atoms with Crippen LogP contribution >= 0.6 is 0 Å². The fraction of sp³-hybridized carbons (Fsp3) is 0.588. The molecule has 112 valence electrons. The van der Waals surface area contributed by atoms with Crippen molar-refractivity contribution in [2.24, 2.45) is 0 Å². The summed E-state index contributed by atoms with van der Waals surface area (Å²) in [5, 5.41) is 19.1. The molecular weight excluding hydrogens is 262 g/mol. The molecule has 1 unspecified atom stereocenters. The van der Waals surface area contributed by atoms with Crippen LogP contribution in [-0.4, -0.2) is 42.2 Å². The quantitative estimate of drug-likeness (QED) is 0.906. The third kappa shape index (κ3) is 2.90. The largest absolute Gasteiger partial charge is 0.389 e. The highest BCUT2D eigenvalue weighted by atomic mass is 16.3. The molecular formula is C17H23N3O. The Bertz CT molecular complexity index is 549. The van der Waals surface area contributed by atoms with Gasteiger partial charge in [-0.15, -0.1) is 0 Å². The van der Waals surface area contributed by atoms with E-state index in [1.165, 1.54) is 25.8 Å². The highest BCUT2D eigenvalue weighted by molar-refractivity contribution is 5.59. The van der Waals surface area contributed by atoms with Crippen LogP contribution in [0.5, 0.6) is 0 Å². The molecule has 21 heavy (non-hydrogen) atoms. The molecule has 2 aliphatic heterocycles. The Hall–Kier alpha value is -1.57. The topological polar surface area (TPSA) is 50.5 Å². The molecule has 0 saturated carbocycles. The molecule has 4 nitrogen and oxygen atoms in total. The van der Waals surface area contributed by atoms with Crippen LogP contribution in [0.4, 0.5) is 5.69 Å². The van der Waals surface area contributed by atoms with Crippen molar-refractivity contribution in [1.29, 1.82) is 5.26 Å². The first-order valence-electron chi connectivity index (χ1n) is 7.90. The highest BCUT2D eigenvalue weighted by Crippen LogP contribution is 2.31. The van der Waals surface area contributed by atoms with Crippen LogP contribution in [0.1, 0.15) is 43.4 Å². The summed E-state index contributed by atoms with van der Waals surface area (Å²) in [6.45, 7) is 6.09. The van der Waals surface area contributed by atoms with Gasteiger partial charge in [0.15, 0.2) is 0 Å². The minimum Gasteiger partial charge on any atom is -0.389 e. The maximum atomic E-state index is 10.0. The fourth-order valence-electron chi connectivity index (χ4n) is 3.62. The maximum Gasteiger partial charge on any atom is 0.0992 e. The summed E-state index contributed by atoms with van der Waals surface area (Å²) in [4.78, 5) is 4.95. The second-order valence-electron chi connectivity index (χ2n) is 6.19. The Kier molecular flexibility index (Phi) is 4.14. The van der Waals surface area contributed by atoms with E-state index in [-0.39, 0.29) is 0 Å². The van der Waals surface area contributed by atoms with Crippen molar-refractivity contribution in [2.45, 2.75) is 38.3 Å². The Balaban J connectivity index is 1.87. The van der Waals surface area contributed by atoms with E-state index in [0.29, 0.717) is 11.6 Å². The van der Waals surface area contributed by atoms with Gasteiger partial charge in [-0.1, -0.05) is 12.5 Å². The first kappa shape index (κ1) is 14.4. The molecule has 3 rings (SSSR count). The van der Waals surface area contributed by atoms with Gasteiger partial charge in [-0.25, -0.2) is 0 Å². The molecule has 2 atom stereocenters. The lowest BCUT2D eigenvalue weighted by Crippen LogP contribution is -2.55. The summed E-state index contributed by atoms with van der Waals surface area (Å²) >= 11 is 0. The summed E-state index contributed by atoms with van der Waals surface area (Å²) in [7, 11) is 0. The summed E-state index contributed by atoms with van der Waals surface area (Å²) in [5.41, 5.74) is 2.63. The van der Waals surface area contributed by atoms with Crippen molar-refractivity contribution in [2.75, 3.05) is 31.1 Å². The van der Waals surface area contributed by atoms with Crippen molar-refractivity contribution in [1.82, 2.24) is 4.90 Å². The van der Waals surface area contributed by atoms with Crippen LogP contribution in [-0.2, 0) is 0 Å². The van der Waals surface area contributed by atoms with Gasteiger partial charge in [0.1, 0.15) is 0 Å². The summed E-state index contributed by atoms with van der Waals surface area (Å²) in [6.07, 6.45) is 3.39. The zero-order valence-corrected chi connectivity index (χ0v) is 12.6. The van der Waals surface area contributed by atoms with Crippen LogP contribution in [0.15, 0.2) is 18.2 Å². The number of benzene rings is 1. The second-order valence-corrected chi connectivity index (χ2v) is 6.19. The van der Waals surface area contributed by atoms with Crippen molar-refractivity contribution < 1.29 is 5.11 Å². The molecule has 2 aliphatic rings. The monoisotopic (exact) mass is 285 g/mol. The molecule has 0 aromatic heterocycles. The van der Waals surface area contributed by atoms with Gasteiger partial charge in [0.25, 0.3) is 0 Å². The smallest absolute Gasteiger partial charge is 0.0992 e. The number of anilines is 1. The molecule has 1 aromatic carbocycles. The van der Waals surface area contributed by atoms with Gasteiger partial charge in [-0.3, -0.25) is 4.90 Å². The van der Waals surface area contributed by atoms with Gasteiger partial charge in [0, 0.05) is 36.9 Å². The second kappa shape index (κ2) is 6.05. The van der Waals surface area contributed by atoms with Crippen molar-refractivity contribution >= 4 is 5.69 Å². The summed E-state index contributed by atoms with van der Waals surface area (Å²) < 4.78 is 0. The van der Waals surface area contributed by atoms with Gasteiger partial charge < -0.3 is 10.0 Å². The van der Waals surface area contributed by atoms with E-state index in [4.69, 9.17) is 5.26 Å². The first-order chi connectivity index (χ1) is 10.2. The van der Waals surface area contributed by atoms with E-state index in [0.717, 1.165) is 30.9 Å². The van der Waals surface area contributed by atoms with E-state index in [1.54, 1.807) is 13.0 Å². The van der Waals surface area contributed by atoms with E-state index in [9.17, 15) is 5.11 Å². The number of rotatable bonds is 2. The average molecular weight is 285 g/mol. The predicted molar refractivity (Wildman–Crippen MR) is 83.2 cm³/mol. The van der Waals surface area contributed by atoms with E-state index in [2.05, 4.69) is 15.9 Å². The number of fused-ring (bicyclic) bond motifs is 1. The molecule has 4 heteroatoms. The summed E-state index contributed by atoms with van der Waals surface area (Å²) in [5.74, 6) is 0. The van der Waals surface area contributed by atoms with Crippen molar-refractivity contribution in [3.63, 3.8) is 0 Å². The van der Waals surface area contributed by atoms with Gasteiger partial charge in [-0.05, 0) is 38.4 Å². The normalized spacial score (nSPS) is 24.2. The van der Waals surface area contributed by atoms with Crippen LogP contribution in [0.3, 0.4) is 0 Å². The van der Waals surface area contributed by atoms with Gasteiger partial charge in [0.2, 0.25) is 0 Å². The number of nitrogens with zero attached hydrogens (tertiary/aromatic N) is 3. The Morgan fingerprint density at radius 2 is 2.14 bits per heavy atom. The number of nitriles is 1. The minimum absolute atomic E-state index is 0.503. The van der Waals surface area contributed by atoms with Crippen LogP contribution in [0, 0.1) is 11.3 Å².